The zero-order valence-electron chi connectivity index (χ0n) is 12.0. The molecule has 0 bridgehead atoms. The Morgan fingerprint density at radius 1 is 1.18 bits per heavy atom. The molecule has 6 nitrogen and oxygen atoms in total. The molecule has 1 aromatic carbocycles. The molecule has 1 amide bonds. The lowest BCUT2D eigenvalue weighted by atomic mass is 10.2. The Balaban J connectivity index is 2.80. The summed E-state index contributed by atoms with van der Waals surface area (Å²) < 4.78 is 10.2. The first-order valence-corrected chi connectivity index (χ1v) is 6.46. The maximum Gasteiger partial charge on any atom is 0.220 e. The Labute approximate surface area is 129 Å². The third kappa shape index (κ3) is 6.27. The van der Waals surface area contributed by atoms with Gasteiger partial charge < -0.3 is 26.3 Å². The number of benzene rings is 1. The number of rotatable bonds is 7. The SMILES string of the molecule is C=CCCC(=O)NCc1cc(OC#CN)cc(OC#CN)c1. The zero-order valence-corrected chi connectivity index (χ0v) is 12.0. The minimum atomic E-state index is -0.0720. The normalized spacial score (nSPS) is 8.55. The highest BCUT2D eigenvalue weighted by atomic mass is 16.5. The van der Waals surface area contributed by atoms with Gasteiger partial charge in [-0.05, 0) is 24.1 Å². The number of nitrogens with two attached hydrogens (primary N) is 2. The fourth-order valence-electron chi connectivity index (χ4n) is 1.55. The second-order valence-electron chi connectivity index (χ2n) is 4.11. The van der Waals surface area contributed by atoms with E-state index >= 15 is 0 Å². The predicted molar refractivity (Wildman–Crippen MR) is 82.9 cm³/mol. The maximum atomic E-state index is 11.6. The van der Waals surface area contributed by atoms with Gasteiger partial charge in [-0.15, -0.1) is 6.58 Å². The van der Waals surface area contributed by atoms with E-state index in [1.54, 1.807) is 24.3 Å². The van der Waals surface area contributed by atoms with Gasteiger partial charge in [0.05, 0.1) is 0 Å². The summed E-state index contributed by atoms with van der Waals surface area (Å²) in [6, 6.07) is 9.26. The molecule has 0 radical (unpaired) electrons. The molecule has 0 heterocycles. The molecule has 0 aliphatic carbocycles. The van der Waals surface area contributed by atoms with Crippen molar-refractivity contribution in [3.63, 3.8) is 0 Å². The van der Waals surface area contributed by atoms with Crippen LogP contribution in [0.2, 0.25) is 0 Å². The van der Waals surface area contributed by atoms with Crippen molar-refractivity contribution in [3.8, 4) is 35.8 Å². The fourth-order valence-corrected chi connectivity index (χ4v) is 1.55. The Kier molecular flexibility index (Phi) is 7.35. The number of nitrogens with one attached hydrogen (secondary N) is 1. The van der Waals surface area contributed by atoms with Gasteiger partial charge in [0.2, 0.25) is 5.91 Å². The Morgan fingerprint density at radius 2 is 1.77 bits per heavy atom. The molecule has 114 valence electrons. The first kappa shape index (κ1) is 16.8. The lowest BCUT2D eigenvalue weighted by molar-refractivity contribution is -0.121. The molecule has 1 aromatic rings. The smallest absolute Gasteiger partial charge is 0.220 e. The van der Waals surface area contributed by atoms with Crippen LogP contribution in [-0.4, -0.2) is 5.91 Å². The number of hydrogen-bond acceptors (Lipinski definition) is 5. The summed E-state index contributed by atoms with van der Waals surface area (Å²) in [5.74, 6) is 0.770. The average molecular weight is 299 g/mol. The molecule has 6 heteroatoms. The minimum absolute atomic E-state index is 0.0720. The second kappa shape index (κ2) is 9.62. The third-order valence-electron chi connectivity index (χ3n) is 2.46. The summed E-state index contributed by atoms with van der Waals surface area (Å²) in [5.41, 5.74) is 10.9. The summed E-state index contributed by atoms with van der Waals surface area (Å²) >= 11 is 0. The van der Waals surface area contributed by atoms with E-state index in [1.165, 1.54) is 0 Å². The number of allylic oxidation sites excluding steroid dienone is 1. The van der Waals surface area contributed by atoms with Gasteiger partial charge >= 0.3 is 0 Å². The molecular weight excluding hydrogens is 282 g/mol. The standard InChI is InChI=1S/C16H17N3O3/c1-2-3-4-16(20)19-12-13-9-14(21-7-5-17)11-15(10-13)22-8-6-18/h2,9-11H,1,3-4,12,17-18H2,(H,19,20). The van der Waals surface area contributed by atoms with E-state index in [2.05, 4.69) is 36.2 Å². The Bertz CT molecular complexity index is 608. The molecule has 0 unspecified atom stereocenters. The van der Waals surface area contributed by atoms with Crippen molar-refractivity contribution in [3.05, 3.63) is 36.4 Å². The largest absolute Gasteiger partial charge is 0.406 e. The van der Waals surface area contributed by atoms with Crippen LogP contribution in [0, 0.1) is 24.3 Å². The summed E-state index contributed by atoms with van der Waals surface area (Å²) in [4.78, 5) is 11.6. The minimum Gasteiger partial charge on any atom is -0.406 e. The van der Waals surface area contributed by atoms with Crippen LogP contribution in [0.15, 0.2) is 30.9 Å². The predicted octanol–water partition coefficient (Wildman–Crippen LogP) is 0.781. The second-order valence-corrected chi connectivity index (χ2v) is 4.11. The fraction of sp³-hybridized carbons (Fsp3) is 0.188. The van der Waals surface area contributed by atoms with Gasteiger partial charge in [-0.3, -0.25) is 4.79 Å². The molecule has 22 heavy (non-hydrogen) atoms. The van der Waals surface area contributed by atoms with Crippen LogP contribution in [0.3, 0.4) is 0 Å². The van der Waals surface area contributed by atoms with E-state index in [0.717, 1.165) is 5.56 Å². The van der Waals surface area contributed by atoms with E-state index in [1.807, 2.05) is 0 Å². The number of carbonyl (C=O) groups is 1. The maximum absolute atomic E-state index is 11.6. The van der Waals surface area contributed by atoms with Crippen molar-refractivity contribution in [1.29, 1.82) is 0 Å². The number of hydrogen-bond donors (Lipinski definition) is 3. The van der Waals surface area contributed by atoms with Crippen LogP contribution >= 0.6 is 0 Å². The summed E-state index contributed by atoms with van der Waals surface area (Å²) in [5, 5.41) is 2.78. The Morgan fingerprint density at radius 3 is 2.27 bits per heavy atom. The van der Waals surface area contributed by atoms with Crippen molar-refractivity contribution >= 4 is 5.91 Å². The molecule has 0 aromatic heterocycles. The van der Waals surface area contributed by atoms with Crippen LogP contribution in [0.25, 0.3) is 0 Å². The first-order chi connectivity index (χ1) is 10.7. The molecule has 5 N–H and O–H groups in total. The van der Waals surface area contributed by atoms with E-state index in [-0.39, 0.29) is 5.91 Å². The van der Waals surface area contributed by atoms with E-state index < -0.39 is 0 Å². The molecule has 1 rings (SSSR count). The lowest BCUT2D eigenvalue weighted by Crippen LogP contribution is -2.22. The van der Waals surface area contributed by atoms with Crippen LogP contribution < -0.4 is 26.3 Å². The molecule has 0 saturated heterocycles. The number of carbonyl (C=O) groups excluding carboxylic acids is 1. The summed E-state index contributed by atoms with van der Waals surface area (Å²) in [6.45, 7) is 3.89. The molecule has 0 atom stereocenters. The summed E-state index contributed by atoms with van der Waals surface area (Å²) in [6.07, 6.45) is 7.27. The van der Waals surface area contributed by atoms with Gasteiger partial charge in [-0.2, -0.15) is 0 Å². The van der Waals surface area contributed by atoms with Gasteiger partial charge in [0.25, 0.3) is 0 Å². The van der Waals surface area contributed by atoms with Crippen molar-refractivity contribution in [2.45, 2.75) is 19.4 Å². The zero-order chi connectivity index (χ0) is 16.2. The van der Waals surface area contributed by atoms with Gasteiger partial charge in [0, 0.05) is 31.1 Å². The average Bonchev–Trinajstić information content (AvgIpc) is 2.54. The molecule has 0 spiro atoms. The highest BCUT2D eigenvalue weighted by Crippen LogP contribution is 2.23. The number of amides is 1. The first-order valence-electron chi connectivity index (χ1n) is 6.46. The van der Waals surface area contributed by atoms with Crippen molar-refractivity contribution < 1.29 is 14.3 Å². The third-order valence-corrected chi connectivity index (χ3v) is 2.46. The van der Waals surface area contributed by atoms with Gasteiger partial charge in [0.15, 0.2) is 0 Å². The van der Waals surface area contributed by atoms with Crippen LogP contribution in [-0.2, 0) is 11.3 Å². The molecule has 0 fully saturated rings. The van der Waals surface area contributed by atoms with Crippen LogP contribution in [0.5, 0.6) is 11.5 Å². The Hall–Kier alpha value is -3.25. The molecule has 0 aliphatic heterocycles. The van der Waals surface area contributed by atoms with Gasteiger partial charge in [-0.1, -0.05) is 6.08 Å². The molecule has 0 saturated carbocycles. The summed E-state index contributed by atoms with van der Waals surface area (Å²) in [7, 11) is 0. The topological polar surface area (TPSA) is 99.6 Å². The van der Waals surface area contributed by atoms with Gasteiger partial charge in [0.1, 0.15) is 23.7 Å². The van der Waals surface area contributed by atoms with E-state index in [9.17, 15) is 4.79 Å². The van der Waals surface area contributed by atoms with Crippen LogP contribution in [0.4, 0.5) is 0 Å². The van der Waals surface area contributed by atoms with Crippen molar-refractivity contribution in [1.82, 2.24) is 5.32 Å². The highest BCUT2D eigenvalue weighted by molar-refractivity contribution is 5.76. The quantitative estimate of drug-likeness (QED) is 0.392. The van der Waals surface area contributed by atoms with Crippen LogP contribution in [0.1, 0.15) is 18.4 Å². The van der Waals surface area contributed by atoms with E-state index in [4.69, 9.17) is 20.9 Å². The van der Waals surface area contributed by atoms with Crippen molar-refractivity contribution in [2.24, 2.45) is 11.5 Å². The number of ether oxygens (including phenoxy) is 2. The van der Waals surface area contributed by atoms with E-state index in [0.29, 0.717) is 30.9 Å². The lowest BCUT2D eigenvalue weighted by Gasteiger charge is -2.08. The highest BCUT2D eigenvalue weighted by Gasteiger charge is 2.05. The van der Waals surface area contributed by atoms with Crippen molar-refractivity contribution in [2.75, 3.05) is 0 Å². The molecule has 0 aliphatic rings. The van der Waals surface area contributed by atoms with Gasteiger partial charge in [-0.25, -0.2) is 0 Å². The molecular formula is C16H17N3O3. The monoisotopic (exact) mass is 299 g/mol.